The van der Waals surface area contributed by atoms with Gasteiger partial charge in [0.1, 0.15) is 6.01 Å². The van der Waals surface area contributed by atoms with E-state index in [1.54, 1.807) is 6.08 Å². The number of para-hydroxylation sites is 1. The van der Waals surface area contributed by atoms with Crippen LogP contribution in [-0.2, 0) is 9.53 Å². The molecule has 0 amide bonds. The third-order valence-electron chi connectivity index (χ3n) is 2.60. The standard InChI is InChI=1S/C17H14N2O2/c1-21-17(20)16(12-14-8-4-2-5-9-14)19-13-18-15-10-6-3-7-11-15/h2-12H,1H3/b16-12+. The first-order valence-corrected chi connectivity index (χ1v) is 6.36. The second kappa shape index (κ2) is 7.58. The van der Waals surface area contributed by atoms with Crippen LogP contribution in [0.3, 0.4) is 0 Å². The molecule has 0 atom stereocenters. The highest BCUT2D eigenvalue weighted by Gasteiger charge is 2.07. The van der Waals surface area contributed by atoms with E-state index >= 15 is 0 Å². The molecular weight excluding hydrogens is 264 g/mol. The summed E-state index contributed by atoms with van der Waals surface area (Å²) in [6.07, 6.45) is 1.62. The second-order valence-electron chi connectivity index (χ2n) is 4.09. The second-order valence-corrected chi connectivity index (χ2v) is 4.09. The van der Waals surface area contributed by atoms with E-state index in [2.05, 4.69) is 16.0 Å². The fourth-order valence-corrected chi connectivity index (χ4v) is 1.59. The van der Waals surface area contributed by atoms with E-state index in [1.165, 1.54) is 7.11 Å². The number of aliphatic imine (C=N–C) groups is 2. The number of nitrogens with zero attached hydrogens (tertiary/aromatic N) is 2. The third kappa shape index (κ3) is 4.56. The number of hydrogen-bond acceptors (Lipinski definition) is 4. The molecule has 0 spiro atoms. The SMILES string of the molecule is COC(=O)/C(=C\c1ccccc1)N=C=Nc1ccccc1. The van der Waals surface area contributed by atoms with E-state index in [1.807, 2.05) is 60.7 Å². The zero-order valence-electron chi connectivity index (χ0n) is 11.6. The van der Waals surface area contributed by atoms with Gasteiger partial charge in [0.15, 0.2) is 5.70 Å². The molecule has 0 radical (unpaired) electrons. The zero-order valence-corrected chi connectivity index (χ0v) is 11.6. The number of carbonyl (C=O) groups is 1. The van der Waals surface area contributed by atoms with Gasteiger partial charge in [-0.3, -0.25) is 0 Å². The normalized spacial score (nSPS) is 10.4. The molecule has 0 aliphatic heterocycles. The Labute approximate surface area is 123 Å². The van der Waals surface area contributed by atoms with Gasteiger partial charge in [-0.05, 0) is 23.8 Å². The Hall–Kier alpha value is -2.97. The van der Waals surface area contributed by atoms with Crippen molar-refractivity contribution >= 4 is 23.7 Å². The van der Waals surface area contributed by atoms with Gasteiger partial charge in [-0.15, -0.1) is 0 Å². The molecule has 2 aromatic rings. The summed E-state index contributed by atoms with van der Waals surface area (Å²) >= 11 is 0. The molecule has 4 nitrogen and oxygen atoms in total. The summed E-state index contributed by atoms with van der Waals surface area (Å²) < 4.78 is 4.70. The lowest BCUT2D eigenvalue weighted by Gasteiger charge is -1.98. The van der Waals surface area contributed by atoms with Crippen LogP contribution in [-0.4, -0.2) is 19.1 Å². The summed E-state index contributed by atoms with van der Waals surface area (Å²) in [6, 6.07) is 21.2. The van der Waals surface area contributed by atoms with Gasteiger partial charge in [0.25, 0.3) is 0 Å². The lowest BCUT2D eigenvalue weighted by molar-refractivity contribution is -0.136. The Balaban J connectivity index is 2.28. The van der Waals surface area contributed by atoms with Gasteiger partial charge in [-0.25, -0.2) is 4.79 Å². The van der Waals surface area contributed by atoms with E-state index in [0.717, 1.165) is 5.56 Å². The molecule has 0 aliphatic rings. The molecule has 0 aliphatic carbocycles. The molecule has 4 heteroatoms. The Bertz CT molecular complexity index is 685. The largest absolute Gasteiger partial charge is 0.464 e. The van der Waals surface area contributed by atoms with Crippen molar-refractivity contribution in [3.05, 3.63) is 71.9 Å². The summed E-state index contributed by atoms with van der Waals surface area (Å²) in [5.41, 5.74) is 1.71. The Kier molecular flexibility index (Phi) is 5.21. The predicted octanol–water partition coefficient (Wildman–Crippen LogP) is 3.71. The van der Waals surface area contributed by atoms with Crippen LogP contribution < -0.4 is 0 Å². The van der Waals surface area contributed by atoms with Crippen LogP contribution in [0.2, 0.25) is 0 Å². The minimum atomic E-state index is -0.533. The van der Waals surface area contributed by atoms with Crippen LogP contribution in [0.4, 0.5) is 5.69 Å². The van der Waals surface area contributed by atoms with Crippen LogP contribution in [0.5, 0.6) is 0 Å². The fraction of sp³-hybridized carbons (Fsp3) is 0.0588. The average molecular weight is 278 g/mol. The van der Waals surface area contributed by atoms with Crippen molar-refractivity contribution in [2.24, 2.45) is 9.98 Å². The number of benzene rings is 2. The van der Waals surface area contributed by atoms with Crippen molar-refractivity contribution in [3.63, 3.8) is 0 Å². The van der Waals surface area contributed by atoms with E-state index in [9.17, 15) is 4.79 Å². The van der Waals surface area contributed by atoms with Crippen molar-refractivity contribution in [3.8, 4) is 0 Å². The molecule has 0 heterocycles. The average Bonchev–Trinajstić information content (AvgIpc) is 2.55. The summed E-state index contributed by atoms with van der Waals surface area (Å²) in [6.45, 7) is 0. The number of carbonyl (C=O) groups excluding carboxylic acids is 1. The molecule has 0 N–H and O–H groups in total. The smallest absolute Gasteiger partial charge is 0.357 e. The van der Waals surface area contributed by atoms with E-state index in [0.29, 0.717) is 5.69 Å². The number of rotatable bonds is 4. The number of esters is 1. The highest BCUT2D eigenvalue weighted by atomic mass is 16.5. The van der Waals surface area contributed by atoms with Crippen molar-refractivity contribution < 1.29 is 9.53 Å². The topological polar surface area (TPSA) is 51.0 Å². The minimum absolute atomic E-state index is 0.142. The first kappa shape index (κ1) is 14.4. The number of methoxy groups -OCH3 is 1. The first-order chi connectivity index (χ1) is 10.3. The van der Waals surface area contributed by atoms with Crippen molar-refractivity contribution in [2.45, 2.75) is 0 Å². The zero-order chi connectivity index (χ0) is 14.9. The third-order valence-corrected chi connectivity index (χ3v) is 2.60. The van der Waals surface area contributed by atoms with Gasteiger partial charge in [0.05, 0.1) is 12.8 Å². The van der Waals surface area contributed by atoms with E-state index in [-0.39, 0.29) is 5.70 Å². The quantitative estimate of drug-likeness (QED) is 0.486. The van der Waals surface area contributed by atoms with Gasteiger partial charge < -0.3 is 4.74 Å². The molecule has 21 heavy (non-hydrogen) atoms. The molecule has 0 saturated carbocycles. The van der Waals surface area contributed by atoms with E-state index in [4.69, 9.17) is 4.74 Å². The lowest BCUT2D eigenvalue weighted by Crippen LogP contribution is -2.02. The van der Waals surface area contributed by atoms with Crippen LogP contribution in [0.15, 0.2) is 76.3 Å². The summed E-state index contributed by atoms with van der Waals surface area (Å²) in [5.74, 6) is -0.533. The highest BCUT2D eigenvalue weighted by molar-refractivity contribution is 5.94. The Morgan fingerprint density at radius 1 is 1.05 bits per heavy atom. The molecule has 0 fully saturated rings. The highest BCUT2D eigenvalue weighted by Crippen LogP contribution is 2.10. The van der Waals surface area contributed by atoms with Crippen molar-refractivity contribution in [1.29, 1.82) is 0 Å². The maximum atomic E-state index is 11.7. The van der Waals surface area contributed by atoms with Crippen molar-refractivity contribution in [1.82, 2.24) is 0 Å². The number of hydrogen-bond donors (Lipinski definition) is 0. The molecule has 0 saturated heterocycles. The molecule has 104 valence electrons. The van der Waals surface area contributed by atoms with Gasteiger partial charge >= 0.3 is 5.97 Å². The fourth-order valence-electron chi connectivity index (χ4n) is 1.59. The molecular formula is C17H14N2O2. The minimum Gasteiger partial charge on any atom is -0.464 e. The summed E-state index contributed by atoms with van der Waals surface area (Å²) in [4.78, 5) is 19.7. The van der Waals surface area contributed by atoms with Gasteiger partial charge in [0.2, 0.25) is 0 Å². The van der Waals surface area contributed by atoms with Crippen LogP contribution in [0, 0.1) is 0 Å². The first-order valence-electron chi connectivity index (χ1n) is 6.36. The van der Waals surface area contributed by atoms with Gasteiger partial charge in [-0.2, -0.15) is 9.98 Å². The van der Waals surface area contributed by atoms with Gasteiger partial charge in [-0.1, -0.05) is 48.5 Å². The Morgan fingerprint density at radius 2 is 1.67 bits per heavy atom. The molecule has 2 aromatic carbocycles. The van der Waals surface area contributed by atoms with Crippen LogP contribution in [0.1, 0.15) is 5.56 Å². The lowest BCUT2D eigenvalue weighted by atomic mass is 10.2. The summed E-state index contributed by atoms with van der Waals surface area (Å²) in [5, 5.41) is 0. The Morgan fingerprint density at radius 3 is 2.29 bits per heavy atom. The molecule has 0 bridgehead atoms. The van der Waals surface area contributed by atoms with Crippen LogP contribution in [0.25, 0.3) is 6.08 Å². The maximum Gasteiger partial charge on any atom is 0.357 e. The molecule has 0 aromatic heterocycles. The monoisotopic (exact) mass is 278 g/mol. The predicted molar refractivity (Wildman–Crippen MR) is 82.4 cm³/mol. The number of ether oxygens (including phenoxy) is 1. The summed E-state index contributed by atoms with van der Waals surface area (Å²) in [7, 11) is 1.31. The van der Waals surface area contributed by atoms with Crippen LogP contribution >= 0.6 is 0 Å². The van der Waals surface area contributed by atoms with Crippen molar-refractivity contribution in [2.75, 3.05) is 7.11 Å². The maximum absolute atomic E-state index is 11.7. The molecule has 2 rings (SSSR count). The molecule has 0 unspecified atom stereocenters. The van der Waals surface area contributed by atoms with Gasteiger partial charge in [0, 0.05) is 0 Å². The van der Waals surface area contributed by atoms with E-state index < -0.39 is 5.97 Å².